The van der Waals surface area contributed by atoms with Crippen LogP contribution in [-0.4, -0.2) is 11.1 Å². The van der Waals surface area contributed by atoms with Gasteiger partial charge in [0.15, 0.2) is 17.3 Å². The first-order valence-electron chi connectivity index (χ1n) is 4.03. The summed E-state index contributed by atoms with van der Waals surface area (Å²) in [5.74, 6) is 1.21. The maximum Gasteiger partial charge on any atom is 0.173 e. The molecule has 14 heavy (non-hydrogen) atoms. The van der Waals surface area contributed by atoms with Crippen molar-refractivity contribution in [2.24, 2.45) is 0 Å². The molecule has 0 aliphatic carbocycles. The van der Waals surface area contributed by atoms with Crippen LogP contribution in [0.2, 0.25) is 0 Å². The SMILES string of the molecule is O=C(CBr)c1ccc2c(c1)OC=CO2. The van der Waals surface area contributed by atoms with E-state index in [1.165, 1.54) is 12.5 Å². The summed E-state index contributed by atoms with van der Waals surface area (Å²) >= 11 is 3.11. The Morgan fingerprint density at radius 3 is 2.64 bits per heavy atom. The summed E-state index contributed by atoms with van der Waals surface area (Å²) in [7, 11) is 0. The molecule has 0 atom stereocenters. The number of benzene rings is 1. The van der Waals surface area contributed by atoms with Crippen molar-refractivity contribution < 1.29 is 14.3 Å². The fourth-order valence-electron chi connectivity index (χ4n) is 1.15. The first kappa shape index (κ1) is 9.27. The Labute approximate surface area is 89.5 Å². The van der Waals surface area contributed by atoms with Gasteiger partial charge < -0.3 is 9.47 Å². The summed E-state index contributed by atoms with van der Waals surface area (Å²) in [5.41, 5.74) is 0.611. The van der Waals surface area contributed by atoms with Crippen molar-refractivity contribution >= 4 is 21.7 Å². The van der Waals surface area contributed by atoms with E-state index >= 15 is 0 Å². The van der Waals surface area contributed by atoms with Gasteiger partial charge in [-0.3, -0.25) is 4.79 Å². The maximum absolute atomic E-state index is 11.3. The minimum absolute atomic E-state index is 0.0194. The summed E-state index contributed by atoms with van der Waals surface area (Å²) in [4.78, 5) is 11.3. The lowest BCUT2D eigenvalue weighted by Crippen LogP contribution is -2.02. The molecular formula is C10H7BrO3. The molecule has 0 fully saturated rings. The maximum atomic E-state index is 11.3. The molecule has 1 aromatic rings. The van der Waals surface area contributed by atoms with Gasteiger partial charge in [0.2, 0.25) is 0 Å². The zero-order valence-electron chi connectivity index (χ0n) is 7.20. The second kappa shape index (κ2) is 3.84. The van der Waals surface area contributed by atoms with Crippen LogP contribution in [0, 0.1) is 0 Å². The van der Waals surface area contributed by atoms with Gasteiger partial charge in [0, 0.05) is 5.56 Å². The van der Waals surface area contributed by atoms with Gasteiger partial charge in [0.25, 0.3) is 0 Å². The Morgan fingerprint density at radius 2 is 1.93 bits per heavy atom. The molecule has 0 aromatic heterocycles. The van der Waals surface area contributed by atoms with E-state index < -0.39 is 0 Å². The third-order valence-corrected chi connectivity index (χ3v) is 2.34. The van der Waals surface area contributed by atoms with E-state index in [0.29, 0.717) is 22.4 Å². The number of Topliss-reactive ketones (excluding diaryl/α,β-unsaturated/α-hetero) is 1. The molecule has 2 rings (SSSR count). The molecule has 1 aromatic carbocycles. The minimum Gasteiger partial charge on any atom is -0.458 e. The van der Waals surface area contributed by atoms with E-state index in [1.54, 1.807) is 18.2 Å². The fourth-order valence-corrected chi connectivity index (χ4v) is 1.47. The highest BCUT2D eigenvalue weighted by Gasteiger charge is 2.11. The van der Waals surface area contributed by atoms with Crippen LogP contribution in [0.25, 0.3) is 0 Å². The molecule has 1 aliphatic rings. The standard InChI is InChI=1S/C10H7BrO3/c11-6-8(12)7-1-2-9-10(5-7)14-4-3-13-9/h1-5H,6H2. The van der Waals surface area contributed by atoms with Crippen molar-refractivity contribution in [1.82, 2.24) is 0 Å². The molecule has 0 amide bonds. The molecular weight excluding hydrogens is 248 g/mol. The lowest BCUT2D eigenvalue weighted by atomic mass is 10.1. The summed E-state index contributed by atoms with van der Waals surface area (Å²) in [6, 6.07) is 5.10. The monoisotopic (exact) mass is 254 g/mol. The van der Waals surface area contributed by atoms with Crippen molar-refractivity contribution in [3.05, 3.63) is 36.3 Å². The van der Waals surface area contributed by atoms with Crippen LogP contribution in [-0.2, 0) is 0 Å². The summed E-state index contributed by atoms with van der Waals surface area (Å²) in [5, 5.41) is 0.308. The van der Waals surface area contributed by atoms with Gasteiger partial charge in [-0.05, 0) is 18.2 Å². The van der Waals surface area contributed by atoms with Gasteiger partial charge >= 0.3 is 0 Å². The average Bonchev–Trinajstić information content (AvgIpc) is 2.27. The van der Waals surface area contributed by atoms with Crippen molar-refractivity contribution in [1.29, 1.82) is 0 Å². The number of rotatable bonds is 2. The molecule has 0 saturated heterocycles. The molecule has 0 N–H and O–H groups in total. The highest BCUT2D eigenvalue weighted by atomic mass is 79.9. The summed E-state index contributed by atoms with van der Waals surface area (Å²) < 4.78 is 10.3. The van der Waals surface area contributed by atoms with Crippen LogP contribution < -0.4 is 9.47 Å². The van der Waals surface area contributed by atoms with Gasteiger partial charge in [-0.15, -0.1) is 0 Å². The third-order valence-electron chi connectivity index (χ3n) is 1.83. The molecule has 4 heteroatoms. The van der Waals surface area contributed by atoms with Crippen LogP contribution >= 0.6 is 15.9 Å². The van der Waals surface area contributed by atoms with E-state index in [1.807, 2.05) is 0 Å². The zero-order valence-corrected chi connectivity index (χ0v) is 8.78. The van der Waals surface area contributed by atoms with E-state index in [9.17, 15) is 4.79 Å². The van der Waals surface area contributed by atoms with Crippen LogP contribution in [0.3, 0.4) is 0 Å². The lowest BCUT2D eigenvalue weighted by molar-refractivity contribution is 0.102. The van der Waals surface area contributed by atoms with Crippen molar-refractivity contribution in [3.63, 3.8) is 0 Å². The number of alkyl halides is 1. The van der Waals surface area contributed by atoms with E-state index in [0.717, 1.165) is 0 Å². The van der Waals surface area contributed by atoms with Crippen LogP contribution in [0.4, 0.5) is 0 Å². The number of ether oxygens (including phenoxy) is 2. The second-order valence-corrected chi connectivity index (χ2v) is 3.29. The van der Waals surface area contributed by atoms with E-state index in [4.69, 9.17) is 9.47 Å². The normalized spacial score (nSPS) is 12.6. The molecule has 72 valence electrons. The topological polar surface area (TPSA) is 35.5 Å². The summed E-state index contributed by atoms with van der Waals surface area (Å²) in [6.45, 7) is 0. The van der Waals surface area contributed by atoms with Gasteiger partial charge in [-0.25, -0.2) is 0 Å². The zero-order chi connectivity index (χ0) is 9.97. The van der Waals surface area contributed by atoms with E-state index in [2.05, 4.69) is 15.9 Å². The molecule has 0 unspecified atom stereocenters. The number of hydrogen-bond donors (Lipinski definition) is 0. The quantitative estimate of drug-likeness (QED) is 0.601. The number of carbonyl (C=O) groups is 1. The average molecular weight is 255 g/mol. The number of hydrogen-bond acceptors (Lipinski definition) is 3. The van der Waals surface area contributed by atoms with Gasteiger partial charge in [0.05, 0.1) is 5.33 Å². The van der Waals surface area contributed by atoms with E-state index in [-0.39, 0.29) is 5.78 Å². The minimum atomic E-state index is 0.0194. The van der Waals surface area contributed by atoms with Gasteiger partial charge in [-0.1, -0.05) is 15.9 Å². The number of halogens is 1. The van der Waals surface area contributed by atoms with Crippen molar-refractivity contribution in [3.8, 4) is 11.5 Å². The van der Waals surface area contributed by atoms with Crippen LogP contribution in [0.1, 0.15) is 10.4 Å². The summed E-state index contributed by atoms with van der Waals surface area (Å²) in [6.07, 6.45) is 2.89. The molecule has 0 bridgehead atoms. The second-order valence-electron chi connectivity index (χ2n) is 2.73. The van der Waals surface area contributed by atoms with Gasteiger partial charge in [-0.2, -0.15) is 0 Å². The van der Waals surface area contributed by atoms with Crippen molar-refractivity contribution in [2.75, 3.05) is 5.33 Å². The molecule has 0 spiro atoms. The highest BCUT2D eigenvalue weighted by Crippen LogP contribution is 2.31. The molecule has 1 aliphatic heterocycles. The third kappa shape index (κ3) is 1.65. The Bertz CT molecular complexity index is 398. The molecule has 0 saturated carbocycles. The van der Waals surface area contributed by atoms with Crippen LogP contribution in [0.15, 0.2) is 30.7 Å². The Morgan fingerprint density at radius 1 is 1.21 bits per heavy atom. The van der Waals surface area contributed by atoms with Crippen molar-refractivity contribution in [2.45, 2.75) is 0 Å². The predicted molar refractivity (Wildman–Crippen MR) is 55.0 cm³/mol. The first-order chi connectivity index (χ1) is 6.81. The fraction of sp³-hybridized carbons (Fsp3) is 0.100. The Hall–Kier alpha value is -1.29. The largest absolute Gasteiger partial charge is 0.458 e. The lowest BCUT2D eigenvalue weighted by Gasteiger charge is -2.12. The molecule has 3 nitrogen and oxygen atoms in total. The highest BCUT2D eigenvalue weighted by molar-refractivity contribution is 9.09. The number of carbonyl (C=O) groups excluding carboxylic acids is 1. The molecule has 0 radical (unpaired) electrons. The molecule has 1 heterocycles. The Kier molecular flexibility index (Phi) is 2.54. The van der Waals surface area contributed by atoms with Gasteiger partial charge in [0.1, 0.15) is 12.5 Å². The smallest absolute Gasteiger partial charge is 0.173 e. The number of fused-ring (bicyclic) bond motifs is 1. The predicted octanol–water partition coefficient (Wildman–Crippen LogP) is 2.51. The first-order valence-corrected chi connectivity index (χ1v) is 5.15. The number of ketones is 1. The Balaban J connectivity index is 2.36. The van der Waals surface area contributed by atoms with Crippen LogP contribution in [0.5, 0.6) is 11.5 Å².